The molecule has 40 heavy (non-hydrogen) atoms. The highest BCUT2D eigenvalue weighted by Crippen LogP contribution is 2.35. The van der Waals surface area contributed by atoms with Gasteiger partial charge in [-0.05, 0) is 51.9 Å². The minimum atomic E-state index is -0.717. The number of likely N-dealkylation sites (tertiary alicyclic amines) is 1. The van der Waals surface area contributed by atoms with Crippen molar-refractivity contribution in [3.8, 4) is 0 Å². The van der Waals surface area contributed by atoms with Crippen LogP contribution in [-0.2, 0) is 18.9 Å². The van der Waals surface area contributed by atoms with Gasteiger partial charge in [-0.25, -0.2) is 10.2 Å². The quantitative estimate of drug-likeness (QED) is 0.290. The molecule has 3 heterocycles. The van der Waals surface area contributed by atoms with Gasteiger partial charge in [-0.1, -0.05) is 18.2 Å². The molecule has 0 aliphatic carbocycles. The van der Waals surface area contributed by atoms with E-state index < -0.39 is 18.5 Å². The first-order chi connectivity index (χ1) is 19.5. The van der Waals surface area contributed by atoms with Crippen molar-refractivity contribution in [2.45, 2.75) is 51.5 Å². The van der Waals surface area contributed by atoms with Crippen LogP contribution in [0.4, 0.5) is 4.79 Å². The summed E-state index contributed by atoms with van der Waals surface area (Å²) in [5.74, 6) is -0.267. The van der Waals surface area contributed by atoms with Crippen molar-refractivity contribution in [3.63, 3.8) is 0 Å². The number of rotatable bonds is 14. The Kier molecular flexibility index (Phi) is 11.7. The molecule has 1 saturated heterocycles. The van der Waals surface area contributed by atoms with E-state index in [2.05, 4.69) is 21.0 Å². The third kappa shape index (κ3) is 7.78. The molecule has 3 N–H and O–H groups in total. The standard InChI is InChI=1S/C28H44N6O6/c1-4-38-18-19-40-28(36)33-23-12-13-29-27(39-17-16-32-14-8-9-15-32)24(23)25(34(33)31-21(2)20-37-3)30-26(35)22-10-6-5-7-11-22/h5-7,10-11,21,25,27,29,31H,4,8-9,12-20H2,1-3H3,(H,30,35). The van der Waals surface area contributed by atoms with Crippen molar-refractivity contribution in [3.05, 3.63) is 47.2 Å². The van der Waals surface area contributed by atoms with E-state index in [9.17, 15) is 9.59 Å². The van der Waals surface area contributed by atoms with Gasteiger partial charge in [-0.3, -0.25) is 10.1 Å². The summed E-state index contributed by atoms with van der Waals surface area (Å²) in [4.78, 5) is 29.3. The van der Waals surface area contributed by atoms with E-state index in [1.165, 1.54) is 17.9 Å². The highest BCUT2D eigenvalue weighted by Gasteiger charge is 2.48. The fourth-order valence-corrected chi connectivity index (χ4v) is 5.26. The molecule has 1 aromatic rings. The fourth-order valence-electron chi connectivity index (χ4n) is 5.26. The zero-order valence-electron chi connectivity index (χ0n) is 23.9. The lowest BCUT2D eigenvalue weighted by atomic mass is 10.0. The number of amides is 2. The monoisotopic (exact) mass is 560 g/mol. The van der Waals surface area contributed by atoms with Crippen molar-refractivity contribution < 1.29 is 28.5 Å². The first kappa shape index (κ1) is 30.4. The number of ether oxygens (including phenoxy) is 4. The average molecular weight is 561 g/mol. The fraction of sp³-hybridized carbons (Fsp3) is 0.643. The molecule has 0 spiro atoms. The van der Waals surface area contributed by atoms with Crippen molar-refractivity contribution in [2.75, 3.05) is 66.3 Å². The van der Waals surface area contributed by atoms with E-state index in [1.807, 2.05) is 32.0 Å². The Hall–Kier alpha value is -2.58. The predicted molar refractivity (Wildman–Crippen MR) is 149 cm³/mol. The zero-order chi connectivity index (χ0) is 28.3. The van der Waals surface area contributed by atoms with Crippen molar-refractivity contribution in [2.24, 2.45) is 0 Å². The van der Waals surface area contributed by atoms with E-state index >= 15 is 0 Å². The van der Waals surface area contributed by atoms with Crippen LogP contribution in [-0.4, -0.2) is 112 Å². The summed E-state index contributed by atoms with van der Waals surface area (Å²) in [5, 5.41) is 9.71. The SMILES string of the molecule is CCOCCOC(=O)N1C2=C(C(OCCN3CCCC3)NCC2)C(NC(=O)c2ccccc2)N1NC(C)COC. The van der Waals surface area contributed by atoms with E-state index in [1.54, 1.807) is 24.4 Å². The molecule has 0 saturated carbocycles. The predicted octanol–water partition coefficient (Wildman–Crippen LogP) is 1.67. The summed E-state index contributed by atoms with van der Waals surface area (Å²) >= 11 is 0. The van der Waals surface area contributed by atoms with Gasteiger partial charge in [0.2, 0.25) is 0 Å². The maximum absolute atomic E-state index is 13.5. The van der Waals surface area contributed by atoms with Gasteiger partial charge in [0, 0.05) is 50.4 Å². The molecule has 0 bridgehead atoms. The Morgan fingerprint density at radius 1 is 1.12 bits per heavy atom. The number of hydrazine groups is 2. The largest absolute Gasteiger partial charge is 0.446 e. The van der Waals surface area contributed by atoms with Gasteiger partial charge in [-0.2, -0.15) is 5.01 Å². The van der Waals surface area contributed by atoms with Gasteiger partial charge >= 0.3 is 6.09 Å². The number of nitrogens with one attached hydrogen (secondary N) is 3. The molecule has 1 fully saturated rings. The zero-order valence-corrected chi connectivity index (χ0v) is 23.9. The number of carbonyl (C=O) groups is 2. The van der Waals surface area contributed by atoms with Gasteiger partial charge in [-0.15, -0.1) is 5.12 Å². The molecule has 1 aromatic carbocycles. The van der Waals surface area contributed by atoms with Crippen molar-refractivity contribution in [1.82, 2.24) is 31.1 Å². The molecule has 3 atom stereocenters. The molecule has 12 heteroatoms. The summed E-state index contributed by atoms with van der Waals surface area (Å²) in [7, 11) is 1.62. The second-order valence-electron chi connectivity index (χ2n) is 10.1. The van der Waals surface area contributed by atoms with Crippen LogP contribution in [0.5, 0.6) is 0 Å². The molecule has 0 aromatic heterocycles. The maximum atomic E-state index is 13.5. The topological polar surface area (TPSA) is 117 Å². The molecule has 3 aliphatic heterocycles. The molecular weight excluding hydrogens is 516 g/mol. The van der Waals surface area contributed by atoms with Crippen LogP contribution in [0.1, 0.15) is 43.5 Å². The normalized spacial score (nSPS) is 22.4. The van der Waals surface area contributed by atoms with Crippen molar-refractivity contribution in [1.29, 1.82) is 0 Å². The lowest BCUT2D eigenvalue weighted by molar-refractivity contribution is -0.0664. The molecule has 3 unspecified atom stereocenters. The molecule has 4 rings (SSSR count). The second-order valence-corrected chi connectivity index (χ2v) is 10.1. The van der Waals surface area contributed by atoms with E-state index in [4.69, 9.17) is 18.9 Å². The van der Waals surface area contributed by atoms with Crippen LogP contribution in [0.3, 0.4) is 0 Å². The first-order valence-corrected chi connectivity index (χ1v) is 14.3. The van der Waals surface area contributed by atoms with Gasteiger partial charge in [0.25, 0.3) is 5.91 Å². The first-order valence-electron chi connectivity index (χ1n) is 14.3. The summed E-state index contributed by atoms with van der Waals surface area (Å²) in [5.41, 5.74) is 5.38. The lowest BCUT2D eigenvalue weighted by Crippen LogP contribution is -2.62. The third-order valence-electron chi connectivity index (χ3n) is 7.11. The van der Waals surface area contributed by atoms with Gasteiger partial charge in [0.1, 0.15) is 19.0 Å². The Morgan fingerprint density at radius 3 is 2.62 bits per heavy atom. The Balaban J connectivity index is 1.62. The Bertz CT molecular complexity index is 989. The third-order valence-corrected chi connectivity index (χ3v) is 7.11. The maximum Gasteiger partial charge on any atom is 0.430 e. The molecule has 3 aliphatic rings. The number of hydrogen-bond donors (Lipinski definition) is 3. The molecular formula is C28H44N6O6. The van der Waals surface area contributed by atoms with Crippen LogP contribution in [0.25, 0.3) is 0 Å². The van der Waals surface area contributed by atoms with Gasteiger partial charge < -0.3 is 29.2 Å². The Morgan fingerprint density at radius 2 is 1.90 bits per heavy atom. The highest BCUT2D eigenvalue weighted by atomic mass is 16.6. The number of carbonyl (C=O) groups excluding carboxylic acids is 2. The summed E-state index contributed by atoms with van der Waals surface area (Å²) in [6, 6.07) is 8.84. The minimum absolute atomic E-state index is 0.113. The highest BCUT2D eigenvalue weighted by molar-refractivity contribution is 5.94. The van der Waals surface area contributed by atoms with Gasteiger partial charge in [0.15, 0.2) is 0 Å². The van der Waals surface area contributed by atoms with E-state index in [0.717, 1.165) is 30.9 Å². The smallest absolute Gasteiger partial charge is 0.430 e. The Labute approximate surface area is 236 Å². The summed E-state index contributed by atoms with van der Waals surface area (Å²) in [6.45, 7) is 9.31. The van der Waals surface area contributed by atoms with Crippen LogP contribution in [0.2, 0.25) is 0 Å². The average Bonchev–Trinajstić information content (AvgIpc) is 3.58. The number of hydrogen-bond acceptors (Lipinski definition) is 10. The van der Waals surface area contributed by atoms with Crippen LogP contribution in [0.15, 0.2) is 41.6 Å². The van der Waals surface area contributed by atoms with Crippen LogP contribution in [0, 0.1) is 0 Å². The number of benzene rings is 1. The van der Waals surface area contributed by atoms with Crippen molar-refractivity contribution >= 4 is 12.0 Å². The minimum Gasteiger partial charge on any atom is -0.446 e. The van der Waals surface area contributed by atoms with Crippen LogP contribution < -0.4 is 16.1 Å². The lowest BCUT2D eigenvalue weighted by Gasteiger charge is -2.35. The van der Waals surface area contributed by atoms with Crippen LogP contribution >= 0.6 is 0 Å². The molecule has 2 amide bonds. The summed E-state index contributed by atoms with van der Waals surface area (Å²) < 4.78 is 22.7. The molecule has 12 nitrogen and oxygen atoms in total. The number of nitrogens with zero attached hydrogens (tertiary/aromatic N) is 3. The summed E-state index contributed by atoms with van der Waals surface area (Å²) in [6.07, 6.45) is 1.22. The van der Waals surface area contributed by atoms with E-state index in [0.29, 0.717) is 45.0 Å². The van der Waals surface area contributed by atoms with Gasteiger partial charge in [0.05, 0.1) is 25.5 Å². The second kappa shape index (κ2) is 15.4. The molecule has 222 valence electrons. The van der Waals surface area contributed by atoms with E-state index in [-0.39, 0.29) is 18.6 Å². The number of methoxy groups -OCH3 is 1. The molecule has 0 radical (unpaired) electrons.